The Morgan fingerprint density at radius 1 is 1.27 bits per heavy atom. The molecule has 22 heavy (non-hydrogen) atoms. The van der Waals surface area contributed by atoms with Gasteiger partial charge in [0.15, 0.2) is 0 Å². The van der Waals surface area contributed by atoms with Crippen molar-refractivity contribution in [2.45, 2.75) is 32.2 Å². The maximum atomic E-state index is 12.9. The minimum absolute atomic E-state index is 0.00287. The van der Waals surface area contributed by atoms with Crippen LogP contribution in [0.3, 0.4) is 0 Å². The number of carbonyl (C=O) groups is 2. The normalized spacial score (nSPS) is 22.3. The lowest BCUT2D eigenvalue weighted by Crippen LogP contribution is -2.44. The Labute approximate surface area is 131 Å². The van der Waals surface area contributed by atoms with Crippen molar-refractivity contribution in [2.24, 2.45) is 23.3 Å². The van der Waals surface area contributed by atoms with Crippen LogP contribution in [-0.4, -0.2) is 29.8 Å². The molecule has 120 valence electrons. The lowest BCUT2D eigenvalue weighted by molar-refractivity contribution is -0.142. The summed E-state index contributed by atoms with van der Waals surface area (Å²) in [6.45, 7) is 2.39. The van der Waals surface area contributed by atoms with Gasteiger partial charge < -0.3 is 16.4 Å². The number of hydrogen-bond donors (Lipinski definition) is 2. The molecule has 1 fully saturated rings. The smallest absolute Gasteiger partial charge is 0.237 e. The van der Waals surface area contributed by atoms with E-state index in [0.717, 1.165) is 24.8 Å². The van der Waals surface area contributed by atoms with Crippen molar-refractivity contribution in [3.63, 3.8) is 0 Å². The molecule has 5 heteroatoms. The third-order valence-electron chi connectivity index (χ3n) is 4.64. The van der Waals surface area contributed by atoms with Crippen LogP contribution in [0.5, 0.6) is 0 Å². The molecule has 1 aliphatic carbocycles. The summed E-state index contributed by atoms with van der Waals surface area (Å²) in [5.74, 6) is -0.358. The second-order valence-electron chi connectivity index (χ2n) is 6.05. The number of rotatable bonds is 6. The van der Waals surface area contributed by atoms with E-state index in [2.05, 4.69) is 0 Å². The zero-order valence-corrected chi connectivity index (χ0v) is 13.1. The van der Waals surface area contributed by atoms with Gasteiger partial charge in [0, 0.05) is 5.92 Å². The molecular formula is C17H25N3O2. The van der Waals surface area contributed by atoms with Crippen molar-refractivity contribution in [2.75, 3.05) is 13.1 Å². The van der Waals surface area contributed by atoms with Gasteiger partial charge in [-0.25, -0.2) is 0 Å². The Hall–Kier alpha value is -1.88. The molecule has 0 saturated heterocycles. The lowest BCUT2D eigenvalue weighted by atomic mass is 9.93. The fourth-order valence-corrected chi connectivity index (χ4v) is 3.34. The van der Waals surface area contributed by atoms with E-state index in [0.29, 0.717) is 6.54 Å². The molecule has 2 rings (SSSR count). The summed E-state index contributed by atoms with van der Waals surface area (Å²) in [4.78, 5) is 26.0. The summed E-state index contributed by atoms with van der Waals surface area (Å²) in [5, 5.41) is 0. The molecule has 1 aromatic carbocycles. The SMILES string of the molecule is C[C@H](c1ccccc1)N(CC(N)=O)C(=O)[C@@H]1CCC[C@@H]1CN. The van der Waals surface area contributed by atoms with Gasteiger partial charge in [-0.1, -0.05) is 36.8 Å². The molecule has 0 heterocycles. The van der Waals surface area contributed by atoms with Crippen molar-refractivity contribution < 1.29 is 9.59 Å². The summed E-state index contributed by atoms with van der Waals surface area (Å²) >= 11 is 0. The Balaban J connectivity index is 2.22. The van der Waals surface area contributed by atoms with E-state index in [1.54, 1.807) is 4.90 Å². The minimum Gasteiger partial charge on any atom is -0.368 e. The first-order valence-corrected chi connectivity index (χ1v) is 7.88. The fraction of sp³-hybridized carbons (Fsp3) is 0.529. The van der Waals surface area contributed by atoms with Crippen molar-refractivity contribution in [1.29, 1.82) is 0 Å². The average Bonchev–Trinajstić information content (AvgIpc) is 3.00. The zero-order valence-electron chi connectivity index (χ0n) is 13.1. The van der Waals surface area contributed by atoms with Crippen LogP contribution in [0.1, 0.15) is 37.8 Å². The quantitative estimate of drug-likeness (QED) is 0.833. The maximum Gasteiger partial charge on any atom is 0.237 e. The first kappa shape index (κ1) is 16.5. The molecule has 2 amide bonds. The number of nitrogens with zero attached hydrogens (tertiary/aromatic N) is 1. The van der Waals surface area contributed by atoms with Crippen LogP contribution in [0.15, 0.2) is 30.3 Å². The molecule has 0 radical (unpaired) electrons. The van der Waals surface area contributed by atoms with Crippen LogP contribution < -0.4 is 11.5 Å². The minimum atomic E-state index is -0.488. The van der Waals surface area contributed by atoms with Gasteiger partial charge in [-0.2, -0.15) is 0 Å². The number of hydrogen-bond acceptors (Lipinski definition) is 3. The lowest BCUT2D eigenvalue weighted by Gasteiger charge is -2.32. The van der Waals surface area contributed by atoms with Gasteiger partial charge >= 0.3 is 0 Å². The van der Waals surface area contributed by atoms with Gasteiger partial charge in [0.05, 0.1) is 12.6 Å². The summed E-state index contributed by atoms with van der Waals surface area (Å²) < 4.78 is 0. The highest BCUT2D eigenvalue weighted by Crippen LogP contribution is 2.34. The molecular weight excluding hydrogens is 278 g/mol. The third-order valence-corrected chi connectivity index (χ3v) is 4.64. The van der Waals surface area contributed by atoms with Crippen molar-refractivity contribution >= 4 is 11.8 Å². The summed E-state index contributed by atoms with van der Waals surface area (Å²) in [6, 6.07) is 9.52. The second-order valence-corrected chi connectivity index (χ2v) is 6.05. The summed E-state index contributed by atoms with van der Waals surface area (Å²) in [6.07, 6.45) is 2.84. The molecule has 3 atom stereocenters. The third kappa shape index (κ3) is 3.65. The van der Waals surface area contributed by atoms with E-state index in [4.69, 9.17) is 11.5 Å². The first-order valence-electron chi connectivity index (χ1n) is 7.88. The van der Waals surface area contributed by atoms with Crippen molar-refractivity contribution in [1.82, 2.24) is 4.90 Å². The van der Waals surface area contributed by atoms with Crippen LogP contribution in [0.25, 0.3) is 0 Å². The molecule has 0 unspecified atom stereocenters. The van der Waals surface area contributed by atoms with Crippen LogP contribution in [0.2, 0.25) is 0 Å². The van der Waals surface area contributed by atoms with E-state index in [9.17, 15) is 9.59 Å². The molecule has 0 aromatic heterocycles. The number of carbonyl (C=O) groups excluding carboxylic acids is 2. The first-order chi connectivity index (χ1) is 10.5. The van der Waals surface area contributed by atoms with Crippen LogP contribution in [0, 0.1) is 11.8 Å². The van der Waals surface area contributed by atoms with Crippen LogP contribution in [-0.2, 0) is 9.59 Å². The molecule has 1 saturated carbocycles. The molecule has 5 nitrogen and oxygen atoms in total. The Kier molecular flexibility index (Phi) is 5.55. The van der Waals surface area contributed by atoms with Crippen LogP contribution in [0.4, 0.5) is 0 Å². The Bertz CT molecular complexity index is 518. The molecule has 1 aliphatic rings. The Morgan fingerprint density at radius 2 is 1.95 bits per heavy atom. The molecule has 0 aliphatic heterocycles. The number of amides is 2. The highest BCUT2D eigenvalue weighted by Gasteiger charge is 2.36. The van der Waals surface area contributed by atoms with E-state index in [1.807, 2.05) is 37.3 Å². The largest absolute Gasteiger partial charge is 0.368 e. The maximum absolute atomic E-state index is 12.9. The number of primary amides is 1. The molecule has 1 aromatic rings. The monoisotopic (exact) mass is 303 g/mol. The average molecular weight is 303 g/mol. The topological polar surface area (TPSA) is 89.4 Å². The van der Waals surface area contributed by atoms with Crippen molar-refractivity contribution in [3.8, 4) is 0 Å². The van der Waals surface area contributed by atoms with Gasteiger partial charge in [0.1, 0.15) is 0 Å². The van der Waals surface area contributed by atoms with Crippen LogP contribution >= 0.6 is 0 Å². The molecule has 0 spiro atoms. The predicted molar refractivity (Wildman–Crippen MR) is 85.6 cm³/mol. The van der Waals surface area contributed by atoms with E-state index >= 15 is 0 Å². The summed E-state index contributed by atoms with van der Waals surface area (Å²) in [7, 11) is 0. The highest BCUT2D eigenvalue weighted by atomic mass is 16.2. The van der Waals surface area contributed by atoms with E-state index in [1.165, 1.54) is 0 Å². The Morgan fingerprint density at radius 3 is 2.55 bits per heavy atom. The summed E-state index contributed by atoms with van der Waals surface area (Å²) in [5.41, 5.74) is 12.1. The molecule has 4 N–H and O–H groups in total. The van der Waals surface area contributed by atoms with Gasteiger partial charge in [0.25, 0.3) is 0 Å². The highest BCUT2D eigenvalue weighted by molar-refractivity contribution is 5.85. The number of nitrogens with two attached hydrogens (primary N) is 2. The standard InChI is InChI=1S/C17H25N3O2/c1-12(13-6-3-2-4-7-13)20(11-16(19)21)17(22)15-9-5-8-14(15)10-18/h2-4,6-7,12,14-15H,5,8-11,18H2,1H3,(H2,19,21)/t12-,14-,15-/m1/s1. The van der Waals surface area contributed by atoms with Gasteiger partial charge in [-0.05, 0) is 37.8 Å². The molecule has 0 bridgehead atoms. The van der Waals surface area contributed by atoms with Gasteiger partial charge in [-0.15, -0.1) is 0 Å². The predicted octanol–water partition coefficient (Wildman–Crippen LogP) is 1.44. The zero-order chi connectivity index (χ0) is 16.1. The van der Waals surface area contributed by atoms with Gasteiger partial charge in [0.2, 0.25) is 11.8 Å². The van der Waals surface area contributed by atoms with Crippen molar-refractivity contribution in [3.05, 3.63) is 35.9 Å². The fourth-order valence-electron chi connectivity index (χ4n) is 3.34. The van der Waals surface area contributed by atoms with E-state index < -0.39 is 5.91 Å². The number of benzene rings is 1. The van der Waals surface area contributed by atoms with E-state index in [-0.39, 0.29) is 30.3 Å². The van der Waals surface area contributed by atoms with Gasteiger partial charge in [-0.3, -0.25) is 9.59 Å². The second kappa shape index (κ2) is 7.40.